The Bertz CT molecular complexity index is 424. The van der Waals surface area contributed by atoms with Crippen molar-refractivity contribution in [1.29, 1.82) is 5.26 Å². The Morgan fingerprint density at radius 2 is 1.80 bits per heavy atom. The maximum absolute atomic E-state index is 8.83. The summed E-state index contributed by atoms with van der Waals surface area (Å²) in [5.74, 6) is 0.651. The van der Waals surface area contributed by atoms with Crippen LogP contribution in [0, 0.1) is 11.3 Å². The van der Waals surface area contributed by atoms with E-state index in [0.717, 1.165) is 12.2 Å². The van der Waals surface area contributed by atoms with Gasteiger partial charge in [0.05, 0.1) is 17.7 Å². The molecular weight excluding hydrogens is 246 g/mol. The number of ether oxygens (including phenoxy) is 1. The van der Waals surface area contributed by atoms with Crippen molar-refractivity contribution in [1.82, 2.24) is 0 Å². The Kier molecular flexibility index (Phi) is 6.08. The van der Waals surface area contributed by atoms with Gasteiger partial charge in [-0.15, -0.1) is 0 Å². The Morgan fingerprint density at radius 3 is 2.40 bits per heavy atom. The van der Waals surface area contributed by atoms with Gasteiger partial charge >= 0.3 is 0 Å². The van der Waals surface area contributed by atoms with E-state index in [1.807, 2.05) is 12.1 Å². The molecule has 0 aliphatic heterocycles. The van der Waals surface area contributed by atoms with Gasteiger partial charge < -0.3 is 4.74 Å². The average molecular weight is 271 g/mol. The van der Waals surface area contributed by atoms with Crippen molar-refractivity contribution in [2.24, 2.45) is 0 Å². The molecule has 108 valence electrons. The lowest BCUT2D eigenvalue weighted by atomic mass is 9.82. The molecule has 1 aliphatic rings. The molecule has 0 amide bonds. The summed E-state index contributed by atoms with van der Waals surface area (Å²) >= 11 is 0. The minimum absolute atomic E-state index is 0.474. The average Bonchev–Trinajstić information content (AvgIpc) is 2.52. The molecule has 0 bridgehead atoms. The van der Waals surface area contributed by atoms with Crippen molar-refractivity contribution < 1.29 is 4.74 Å². The second-order valence-electron chi connectivity index (χ2n) is 5.79. The fourth-order valence-corrected chi connectivity index (χ4v) is 2.99. The molecule has 20 heavy (non-hydrogen) atoms. The minimum Gasteiger partial charge on any atom is -0.378 e. The molecule has 0 saturated heterocycles. The normalized spacial score (nSPS) is 22.4. The molecule has 1 aromatic carbocycles. The van der Waals surface area contributed by atoms with E-state index >= 15 is 0 Å². The molecule has 2 rings (SSSR count). The summed E-state index contributed by atoms with van der Waals surface area (Å²) in [6.07, 6.45) is 8.99. The van der Waals surface area contributed by atoms with E-state index in [2.05, 4.69) is 25.1 Å². The third-order valence-corrected chi connectivity index (χ3v) is 4.29. The fraction of sp³-hybridized carbons (Fsp3) is 0.611. The Morgan fingerprint density at radius 1 is 1.10 bits per heavy atom. The first-order valence-corrected chi connectivity index (χ1v) is 7.95. The summed E-state index contributed by atoms with van der Waals surface area (Å²) < 4.78 is 5.96. The molecule has 1 saturated carbocycles. The lowest BCUT2D eigenvalue weighted by Gasteiger charge is -2.29. The van der Waals surface area contributed by atoms with Crippen LogP contribution in [0.3, 0.4) is 0 Å². The predicted octanol–water partition coefficient (Wildman–Crippen LogP) is 4.79. The van der Waals surface area contributed by atoms with Crippen LogP contribution in [0.4, 0.5) is 0 Å². The molecule has 0 aromatic heterocycles. The number of rotatable bonds is 6. The van der Waals surface area contributed by atoms with Crippen molar-refractivity contribution in [3.8, 4) is 6.07 Å². The van der Waals surface area contributed by atoms with Crippen LogP contribution in [-0.4, -0.2) is 12.7 Å². The first kappa shape index (κ1) is 15.1. The zero-order chi connectivity index (χ0) is 14.2. The zero-order valence-corrected chi connectivity index (χ0v) is 12.5. The quantitative estimate of drug-likeness (QED) is 0.697. The van der Waals surface area contributed by atoms with E-state index in [9.17, 15) is 0 Å². The molecule has 0 N–H and O–H groups in total. The van der Waals surface area contributed by atoms with Crippen LogP contribution < -0.4 is 0 Å². The number of unbranched alkanes of at least 4 members (excludes halogenated alkanes) is 2. The highest BCUT2D eigenvalue weighted by atomic mass is 16.5. The van der Waals surface area contributed by atoms with Gasteiger partial charge in [0, 0.05) is 6.61 Å². The molecule has 1 aromatic rings. The van der Waals surface area contributed by atoms with E-state index in [0.29, 0.717) is 12.0 Å². The second kappa shape index (κ2) is 8.07. The van der Waals surface area contributed by atoms with Crippen LogP contribution in [0.25, 0.3) is 0 Å². The van der Waals surface area contributed by atoms with Gasteiger partial charge in [-0.3, -0.25) is 0 Å². The second-order valence-corrected chi connectivity index (χ2v) is 5.79. The fourth-order valence-electron chi connectivity index (χ4n) is 2.99. The third-order valence-electron chi connectivity index (χ3n) is 4.29. The Hall–Kier alpha value is -1.33. The SMILES string of the molecule is CCCCCOC1CCC(c2ccc(C#N)cc2)CC1. The largest absolute Gasteiger partial charge is 0.378 e. The lowest BCUT2D eigenvalue weighted by Crippen LogP contribution is -2.21. The van der Waals surface area contributed by atoms with Gasteiger partial charge in [0.1, 0.15) is 0 Å². The van der Waals surface area contributed by atoms with Crippen molar-refractivity contribution >= 4 is 0 Å². The van der Waals surface area contributed by atoms with Gasteiger partial charge in [0.15, 0.2) is 0 Å². The molecule has 0 heterocycles. The van der Waals surface area contributed by atoms with E-state index in [-0.39, 0.29) is 0 Å². The van der Waals surface area contributed by atoms with E-state index in [1.54, 1.807) is 0 Å². The van der Waals surface area contributed by atoms with Crippen LogP contribution >= 0.6 is 0 Å². The highest BCUT2D eigenvalue weighted by Crippen LogP contribution is 2.34. The summed E-state index contributed by atoms with van der Waals surface area (Å²) in [5, 5.41) is 8.83. The first-order valence-electron chi connectivity index (χ1n) is 7.95. The number of hydrogen-bond acceptors (Lipinski definition) is 2. The van der Waals surface area contributed by atoms with Crippen molar-refractivity contribution in [3.63, 3.8) is 0 Å². The molecule has 0 spiro atoms. The molecule has 2 nitrogen and oxygen atoms in total. The van der Waals surface area contributed by atoms with Crippen LogP contribution in [0.1, 0.15) is 68.9 Å². The predicted molar refractivity (Wildman–Crippen MR) is 81.6 cm³/mol. The summed E-state index contributed by atoms with van der Waals surface area (Å²) in [4.78, 5) is 0. The first-order chi connectivity index (χ1) is 9.83. The maximum Gasteiger partial charge on any atom is 0.0991 e. The number of benzene rings is 1. The zero-order valence-electron chi connectivity index (χ0n) is 12.5. The number of hydrogen-bond donors (Lipinski definition) is 0. The molecule has 1 fully saturated rings. The standard InChI is InChI=1S/C18H25NO/c1-2-3-4-13-20-18-11-9-17(10-12-18)16-7-5-15(14-19)6-8-16/h5-8,17-18H,2-4,9-13H2,1H3. The number of nitriles is 1. The lowest BCUT2D eigenvalue weighted by molar-refractivity contribution is 0.0227. The molecular formula is C18H25NO. The Balaban J connectivity index is 1.74. The topological polar surface area (TPSA) is 33.0 Å². The molecule has 2 heteroatoms. The summed E-state index contributed by atoms with van der Waals surface area (Å²) in [5.41, 5.74) is 2.13. The van der Waals surface area contributed by atoms with Gasteiger partial charge in [-0.1, -0.05) is 31.9 Å². The van der Waals surface area contributed by atoms with E-state index < -0.39 is 0 Å². The number of nitrogens with zero attached hydrogens (tertiary/aromatic N) is 1. The van der Waals surface area contributed by atoms with Gasteiger partial charge in [-0.05, 0) is 55.7 Å². The van der Waals surface area contributed by atoms with Gasteiger partial charge in [-0.2, -0.15) is 5.26 Å². The van der Waals surface area contributed by atoms with Crippen LogP contribution in [0.2, 0.25) is 0 Å². The highest BCUT2D eigenvalue weighted by Gasteiger charge is 2.22. The smallest absolute Gasteiger partial charge is 0.0991 e. The molecule has 0 unspecified atom stereocenters. The van der Waals surface area contributed by atoms with Crippen molar-refractivity contribution in [2.75, 3.05) is 6.61 Å². The van der Waals surface area contributed by atoms with Gasteiger partial charge in [0.25, 0.3) is 0 Å². The summed E-state index contributed by atoms with van der Waals surface area (Å²) in [7, 11) is 0. The van der Waals surface area contributed by atoms with Crippen molar-refractivity contribution in [3.05, 3.63) is 35.4 Å². The third kappa shape index (κ3) is 4.35. The van der Waals surface area contributed by atoms with E-state index in [4.69, 9.17) is 10.00 Å². The summed E-state index contributed by atoms with van der Waals surface area (Å²) in [6, 6.07) is 10.3. The van der Waals surface area contributed by atoms with Crippen LogP contribution in [0.15, 0.2) is 24.3 Å². The summed E-state index contributed by atoms with van der Waals surface area (Å²) in [6.45, 7) is 3.16. The minimum atomic E-state index is 0.474. The van der Waals surface area contributed by atoms with Crippen molar-refractivity contribution in [2.45, 2.75) is 63.9 Å². The molecule has 1 aliphatic carbocycles. The van der Waals surface area contributed by atoms with Crippen LogP contribution in [-0.2, 0) is 4.74 Å². The van der Waals surface area contributed by atoms with Gasteiger partial charge in [-0.25, -0.2) is 0 Å². The maximum atomic E-state index is 8.83. The van der Waals surface area contributed by atoms with E-state index in [1.165, 1.54) is 50.5 Å². The van der Waals surface area contributed by atoms with Gasteiger partial charge in [0.2, 0.25) is 0 Å². The molecule has 0 atom stereocenters. The monoisotopic (exact) mass is 271 g/mol. The van der Waals surface area contributed by atoms with Crippen LogP contribution in [0.5, 0.6) is 0 Å². The Labute approximate surface area is 122 Å². The highest BCUT2D eigenvalue weighted by molar-refractivity contribution is 5.33. The molecule has 0 radical (unpaired) electrons.